The van der Waals surface area contributed by atoms with Gasteiger partial charge in [0.25, 0.3) is 5.91 Å². The van der Waals surface area contributed by atoms with Crippen LogP contribution in [0.5, 0.6) is 5.75 Å². The lowest BCUT2D eigenvalue weighted by molar-refractivity contribution is 0.0946. The Morgan fingerprint density at radius 2 is 1.89 bits per heavy atom. The monoisotopic (exact) mass is 364 g/mol. The summed E-state index contributed by atoms with van der Waals surface area (Å²) in [6.07, 6.45) is 2.43. The predicted octanol–water partition coefficient (Wildman–Crippen LogP) is 2.57. The molecule has 1 aromatic carbocycles. The summed E-state index contributed by atoms with van der Waals surface area (Å²) in [6.45, 7) is 1.62. The molecule has 1 saturated heterocycles. The third kappa shape index (κ3) is 2.99. The van der Waals surface area contributed by atoms with Gasteiger partial charge >= 0.3 is 6.09 Å². The van der Waals surface area contributed by atoms with E-state index in [1.54, 1.807) is 23.1 Å². The number of hydrogen-bond donors (Lipinski definition) is 1. The van der Waals surface area contributed by atoms with Gasteiger partial charge in [-0.15, -0.1) is 0 Å². The van der Waals surface area contributed by atoms with Crippen molar-refractivity contribution in [1.29, 1.82) is 0 Å². The van der Waals surface area contributed by atoms with Gasteiger partial charge in [0.05, 0.1) is 11.7 Å². The van der Waals surface area contributed by atoms with Crippen molar-refractivity contribution < 1.29 is 14.3 Å². The number of nitrogens with one attached hydrogen (secondary N) is 1. The van der Waals surface area contributed by atoms with Crippen LogP contribution in [-0.4, -0.2) is 42.2 Å². The number of para-hydroxylation sites is 1. The fourth-order valence-electron chi connectivity index (χ4n) is 3.70. The van der Waals surface area contributed by atoms with E-state index in [9.17, 15) is 9.59 Å². The number of benzene rings is 1. The zero-order chi connectivity index (χ0) is 18.4. The highest BCUT2D eigenvalue weighted by atomic mass is 16.6. The Bertz CT molecular complexity index is 897. The molecule has 3 aliphatic rings. The Morgan fingerprint density at radius 1 is 1.07 bits per heavy atom. The Balaban J connectivity index is 1.47. The molecule has 7 nitrogen and oxygen atoms in total. The molecule has 1 unspecified atom stereocenters. The van der Waals surface area contributed by atoms with Gasteiger partial charge < -0.3 is 15.0 Å². The summed E-state index contributed by atoms with van der Waals surface area (Å²) in [5, 5.41) is 2.95. The van der Waals surface area contributed by atoms with Gasteiger partial charge in [0.1, 0.15) is 11.4 Å². The van der Waals surface area contributed by atoms with Crippen molar-refractivity contribution >= 4 is 23.5 Å². The molecule has 27 heavy (non-hydrogen) atoms. The highest BCUT2D eigenvalue weighted by Gasteiger charge is 2.41. The number of hydrogen-bond acceptors (Lipinski definition) is 5. The van der Waals surface area contributed by atoms with Crippen molar-refractivity contribution in [1.82, 2.24) is 10.3 Å². The maximum absolute atomic E-state index is 12.9. The first kappa shape index (κ1) is 16.1. The number of fused-ring (bicyclic) bond motifs is 4. The second kappa shape index (κ2) is 6.26. The summed E-state index contributed by atoms with van der Waals surface area (Å²) in [6, 6.07) is 12.9. The fraction of sp³-hybridized carbons (Fsp3) is 0.350. The lowest BCUT2D eigenvalue weighted by Gasteiger charge is -2.35. The van der Waals surface area contributed by atoms with Crippen LogP contribution < -0.4 is 19.9 Å². The van der Waals surface area contributed by atoms with Crippen molar-refractivity contribution in [3.8, 4) is 5.75 Å². The Labute approximate surface area is 156 Å². The molecule has 0 radical (unpaired) electrons. The van der Waals surface area contributed by atoms with E-state index in [2.05, 4.69) is 15.2 Å². The average Bonchev–Trinajstić information content (AvgIpc) is 3.40. The van der Waals surface area contributed by atoms with E-state index in [0.717, 1.165) is 38.0 Å². The number of amides is 2. The predicted molar refractivity (Wildman–Crippen MR) is 100 cm³/mol. The molecule has 1 saturated carbocycles. The average molecular weight is 364 g/mol. The highest BCUT2D eigenvalue weighted by Crippen LogP contribution is 2.39. The van der Waals surface area contributed by atoms with Gasteiger partial charge in [-0.05, 0) is 43.5 Å². The zero-order valence-corrected chi connectivity index (χ0v) is 14.8. The van der Waals surface area contributed by atoms with Crippen molar-refractivity contribution in [2.75, 3.05) is 22.9 Å². The van der Waals surface area contributed by atoms with Crippen LogP contribution in [0.3, 0.4) is 0 Å². The number of carbonyl (C=O) groups is 2. The van der Waals surface area contributed by atoms with E-state index in [-0.39, 0.29) is 18.0 Å². The van der Waals surface area contributed by atoms with Crippen LogP contribution in [0.2, 0.25) is 0 Å². The van der Waals surface area contributed by atoms with E-state index < -0.39 is 6.09 Å². The summed E-state index contributed by atoms with van der Waals surface area (Å²) < 4.78 is 5.56. The first-order chi connectivity index (χ1) is 13.2. The summed E-state index contributed by atoms with van der Waals surface area (Å²) >= 11 is 0. The second-order valence-corrected chi connectivity index (χ2v) is 7.23. The largest absolute Gasteiger partial charge is 0.421 e. The number of aromatic nitrogens is 1. The van der Waals surface area contributed by atoms with Crippen LogP contribution in [-0.2, 0) is 0 Å². The fourth-order valence-corrected chi connectivity index (χ4v) is 3.70. The van der Waals surface area contributed by atoms with E-state index in [4.69, 9.17) is 4.74 Å². The first-order valence-electron chi connectivity index (χ1n) is 9.32. The molecule has 7 heteroatoms. The lowest BCUT2D eigenvalue weighted by Crippen LogP contribution is -2.48. The SMILES string of the molecule is O=C(NC1CC1)c1ccc2c(n1)N(C(=O)Oc1ccccc1)C1CCN2C1. The maximum Gasteiger partial charge on any atom is 0.421 e. The molecular weight excluding hydrogens is 344 g/mol. The Hall–Kier alpha value is -3.09. The number of anilines is 2. The highest BCUT2D eigenvalue weighted by molar-refractivity contribution is 5.98. The molecule has 1 aliphatic carbocycles. The third-order valence-electron chi connectivity index (χ3n) is 5.24. The third-order valence-corrected chi connectivity index (χ3v) is 5.24. The normalized spacial score (nSPS) is 20.2. The molecule has 1 atom stereocenters. The van der Waals surface area contributed by atoms with E-state index in [0.29, 0.717) is 17.3 Å². The zero-order valence-electron chi connectivity index (χ0n) is 14.8. The van der Waals surface area contributed by atoms with Crippen LogP contribution in [0.15, 0.2) is 42.5 Å². The van der Waals surface area contributed by atoms with Crippen LogP contribution in [0.1, 0.15) is 29.8 Å². The summed E-state index contributed by atoms with van der Waals surface area (Å²) in [5.74, 6) is 0.810. The van der Waals surface area contributed by atoms with Gasteiger partial charge in [-0.2, -0.15) is 0 Å². The summed E-state index contributed by atoms with van der Waals surface area (Å²) in [7, 11) is 0. The quantitative estimate of drug-likeness (QED) is 0.906. The maximum atomic E-state index is 12.9. The molecule has 138 valence electrons. The van der Waals surface area contributed by atoms with Gasteiger partial charge in [-0.1, -0.05) is 18.2 Å². The summed E-state index contributed by atoms with van der Waals surface area (Å²) in [4.78, 5) is 33.7. The molecule has 2 aromatic rings. The Kier molecular flexibility index (Phi) is 3.74. The minimum absolute atomic E-state index is 0.00274. The van der Waals surface area contributed by atoms with Crippen molar-refractivity contribution in [3.05, 3.63) is 48.2 Å². The molecule has 3 heterocycles. The number of pyridine rings is 1. The molecule has 1 N–H and O–H groups in total. The van der Waals surface area contributed by atoms with Gasteiger partial charge in [-0.3, -0.25) is 9.69 Å². The molecule has 5 rings (SSSR count). The smallest absolute Gasteiger partial charge is 0.410 e. The molecule has 0 spiro atoms. The minimum Gasteiger partial charge on any atom is -0.410 e. The number of nitrogens with zero attached hydrogens (tertiary/aromatic N) is 3. The summed E-state index contributed by atoms with van der Waals surface area (Å²) in [5.41, 5.74) is 1.21. The molecule has 2 aliphatic heterocycles. The van der Waals surface area contributed by atoms with Crippen molar-refractivity contribution in [3.63, 3.8) is 0 Å². The van der Waals surface area contributed by atoms with E-state index >= 15 is 0 Å². The topological polar surface area (TPSA) is 74.8 Å². The van der Waals surface area contributed by atoms with Crippen LogP contribution in [0.4, 0.5) is 16.3 Å². The lowest BCUT2D eigenvalue weighted by atomic mass is 10.2. The second-order valence-electron chi connectivity index (χ2n) is 7.23. The van der Waals surface area contributed by atoms with Crippen molar-refractivity contribution in [2.24, 2.45) is 0 Å². The van der Waals surface area contributed by atoms with Crippen LogP contribution in [0, 0.1) is 0 Å². The van der Waals surface area contributed by atoms with Gasteiger partial charge in [-0.25, -0.2) is 9.78 Å². The molecule has 1 aromatic heterocycles. The van der Waals surface area contributed by atoms with Gasteiger partial charge in [0.15, 0.2) is 5.82 Å². The van der Waals surface area contributed by atoms with Crippen LogP contribution >= 0.6 is 0 Å². The first-order valence-corrected chi connectivity index (χ1v) is 9.32. The standard InChI is InChI=1S/C20H20N4O3/c25-19(21-13-6-7-13)16-8-9-17-18(22-16)24(14-10-11-23(17)12-14)20(26)27-15-4-2-1-3-5-15/h1-5,8-9,13-14H,6-7,10-12H2,(H,21,25). The van der Waals surface area contributed by atoms with E-state index in [1.165, 1.54) is 0 Å². The molecule has 2 fully saturated rings. The van der Waals surface area contributed by atoms with E-state index in [1.807, 2.05) is 24.3 Å². The van der Waals surface area contributed by atoms with Gasteiger partial charge in [0, 0.05) is 19.1 Å². The molecular formula is C20H20N4O3. The number of ether oxygens (including phenoxy) is 1. The number of carbonyl (C=O) groups excluding carboxylic acids is 2. The molecule has 2 bridgehead atoms. The van der Waals surface area contributed by atoms with Crippen LogP contribution in [0.25, 0.3) is 0 Å². The minimum atomic E-state index is -0.457. The Morgan fingerprint density at radius 3 is 2.67 bits per heavy atom. The number of rotatable bonds is 3. The molecule has 2 amide bonds. The van der Waals surface area contributed by atoms with Crippen molar-refractivity contribution in [2.45, 2.75) is 31.3 Å². The van der Waals surface area contributed by atoms with Gasteiger partial charge in [0.2, 0.25) is 0 Å².